The maximum atomic E-state index is 12.7. The third kappa shape index (κ3) is 3.17. The number of aromatic nitrogens is 2. The molecule has 0 radical (unpaired) electrons. The van der Waals surface area contributed by atoms with E-state index in [2.05, 4.69) is 15.5 Å². The number of methoxy groups -OCH3 is 3. The van der Waals surface area contributed by atoms with E-state index in [0.717, 1.165) is 0 Å². The molecule has 0 unspecified atom stereocenters. The molecule has 1 aromatic carbocycles. The van der Waals surface area contributed by atoms with Gasteiger partial charge in [0, 0.05) is 18.7 Å². The summed E-state index contributed by atoms with van der Waals surface area (Å²) in [5.74, 6) is 0.874. The SMILES string of the molecule is COc1cc(-c2cc(C(=O)N3CC(N4C(=O)CNC4=O)C3)[nH]n2)cc(OC)c1OC. The monoisotopic (exact) mass is 415 g/mol. The van der Waals surface area contributed by atoms with E-state index in [1.165, 1.54) is 26.2 Å². The Morgan fingerprint density at radius 1 is 1.07 bits per heavy atom. The molecule has 2 fully saturated rings. The largest absolute Gasteiger partial charge is 0.493 e. The minimum atomic E-state index is -0.414. The fourth-order valence-electron chi connectivity index (χ4n) is 3.57. The molecule has 2 aliphatic rings. The molecular formula is C19H21N5O6. The van der Waals surface area contributed by atoms with Gasteiger partial charge in [-0.2, -0.15) is 5.10 Å². The summed E-state index contributed by atoms with van der Waals surface area (Å²) in [4.78, 5) is 38.9. The Labute approximate surface area is 171 Å². The molecule has 2 N–H and O–H groups in total. The summed E-state index contributed by atoms with van der Waals surface area (Å²) in [7, 11) is 4.56. The molecule has 3 heterocycles. The van der Waals surface area contributed by atoms with Crippen LogP contribution in [0.3, 0.4) is 0 Å². The number of urea groups is 1. The molecule has 11 heteroatoms. The number of likely N-dealkylation sites (tertiary alicyclic amines) is 1. The van der Waals surface area contributed by atoms with Gasteiger partial charge in [-0.1, -0.05) is 0 Å². The number of ether oxygens (including phenoxy) is 3. The highest BCUT2D eigenvalue weighted by molar-refractivity contribution is 6.03. The summed E-state index contributed by atoms with van der Waals surface area (Å²) < 4.78 is 16.0. The Bertz CT molecular complexity index is 972. The predicted octanol–water partition coefficient (Wildman–Crippen LogP) is 0.479. The van der Waals surface area contributed by atoms with E-state index in [1.54, 1.807) is 23.1 Å². The van der Waals surface area contributed by atoms with Gasteiger partial charge in [0.2, 0.25) is 11.7 Å². The van der Waals surface area contributed by atoms with Gasteiger partial charge < -0.3 is 24.4 Å². The number of carbonyl (C=O) groups excluding carboxylic acids is 3. The average Bonchev–Trinajstić information content (AvgIpc) is 3.34. The lowest BCUT2D eigenvalue weighted by Gasteiger charge is -2.42. The summed E-state index contributed by atoms with van der Waals surface area (Å²) in [6.07, 6.45) is 0. The van der Waals surface area contributed by atoms with E-state index in [9.17, 15) is 14.4 Å². The molecule has 1 aromatic heterocycles. The number of rotatable bonds is 6. The van der Waals surface area contributed by atoms with Crippen LogP contribution in [0, 0.1) is 0 Å². The van der Waals surface area contributed by atoms with Crippen LogP contribution in [0.25, 0.3) is 11.3 Å². The zero-order valence-electron chi connectivity index (χ0n) is 16.7. The van der Waals surface area contributed by atoms with E-state index >= 15 is 0 Å². The third-order valence-corrected chi connectivity index (χ3v) is 5.16. The van der Waals surface area contributed by atoms with Crippen LogP contribution in [0.15, 0.2) is 18.2 Å². The highest BCUT2D eigenvalue weighted by Crippen LogP contribution is 2.40. The van der Waals surface area contributed by atoms with Gasteiger partial charge >= 0.3 is 6.03 Å². The Morgan fingerprint density at radius 3 is 2.27 bits per heavy atom. The zero-order chi connectivity index (χ0) is 21.4. The molecule has 0 atom stereocenters. The van der Waals surface area contributed by atoms with Crippen molar-refractivity contribution >= 4 is 17.8 Å². The first kappa shape index (κ1) is 19.6. The Morgan fingerprint density at radius 2 is 1.73 bits per heavy atom. The first-order valence-electron chi connectivity index (χ1n) is 9.21. The van der Waals surface area contributed by atoms with Gasteiger partial charge in [-0.25, -0.2) is 4.79 Å². The average molecular weight is 415 g/mol. The van der Waals surface area contributed by atoms with Crippen LogP contribution >= 0.6 is 0 Å². The van der Waals surface area contributed by atoms with Crippen molar-refractivity contribution in [2.45, 2.75) is 6.04 Å². The summed E-state index contributed by atoms with van der Waals surface area (Å²) in [6.45, 7) is 0.578. The number of aromatic amines is 1. The van der Waals surface area contributed by atoms with E-state index in [1.807, 2.05) is 0 Å². The van der Waals surface area contributed by atoms with Gasteiger partial charge in [-0.15, -0.1) is 0 Å². The maximum absolute atomic E-state index is 12.7. The van der Waals surface area contributed by atoms with Crippen LogP contribution in [0.2, 0.25) is 0 Å². The second kappa shape index (κ2) is 7.58. The van der Waals surface area contributed by atoms with E-state index < -0.39 is 6.03 Å². The smallest absolute Gasteiger partial charge is 0.324 e. The van der Waals surface area contributed by atoms with E-state index in [-0.39, 0.29) is 37.5 Å². The second-order valence-corrected chi connectivity index (χ2v) is 6.87. The van der Waals surface area contributed by atoms with Crippen LogP contribution in [-0.2, 0) is 4.79 Å². The lowest BCUT2D eigenvalue weighted by Crippen LogP contribution is -2.62. The Kier molecular flexibility index (Phi) is 4.94. The van der Waals surface area contributed by atoms with Crippen LogP contribution in [-0.4, -0.2) is 84.8 Å². The minimum absolute atomic E-state index is 0.00196. The van der Waals surface area contributed by atoms with Gasteiger partial charge in [0.15, 0.2) is 11.5 Å². The van der Waals surface area contributed by atoms with Gasteiger partial charge in [0.1, 0.15) is 5.69 Å². The van der Waals surface area contributed by atoms with Crippen molar-refractivity contribution in [2.75, 3.05) is 41.0 Å². The normalized spacial score (nSPS) is 16.4. The molecular weight excluding hydrogens is 394 g/mol. The summed E-state index contributed by atoms with van der Waals surface area (Å²) in [5, 5.41) is 9.45. The maximum Gasteiger partial charge on any atom is 0.324 e. The lowest BCUT2D eigenvalue weighted by atomic mass is 10.1. The molecule has 158 valence electrons. The van der Waals surface area contributed by atoms with Crippen molar-refractivity contribution < 1.29 is 28.6 Å². The predicted molar refractivity (Wildman–Crippen MR) is 104 cm³/mol. The number of benzene rings is 1. The summed E-state index contributed by atoms with van der Waals surface area (Å²) >= 11 is 0. The molecule has 2 aliphatic heterocycles. The molecule has 30 heavy (non-hydrogen) atoms. The number of imide groups is 1. The lowest BCUT2D eigenvalue weighted by molar-refractivity contribution is -0.128. The van der Waals surface area contributed by atoms with Crippen LogP contribution in [0.4, 0.5) is 4.79 Å². The topological polar surface area (TPSA) is 126 Å². The number of hydrogen-bond acceptors (Lipinski definition) is 7. The van der Waals surface area contributed by atoms with Gasteiger partial charge in [-0.05, 0) is 18.2 Å². The van der Waals surface area contributed by atoms with Crippen molar-refractivity contribution in [1.82, 2.24) is 25.3 Å². The number of nitrogens with zero attached hydrogens (tertiary/aromatic N) is 3. The number of H-pyrrole nitrogens is 1. The quantitative estimate of drug-likeness (QED) is 0.657. The Hall–Kier alpha value is -3.76. The van der Waals surface area contributed by atoms with Crippen molar-refractivity contribution in [1.29, 1.82) is 0 Å². The van der Waals surface area contributed by atoms with Gasteiger partial charge in [0.25, 0.3) is 5.91 Å². The molecule has 0 spiro atoms. The van der Waals surface area contributed by atoms with Crippen molar-refractivity contribution in [3.05, 3.63) is 23.9 Å². The number of amides is 4. The van der Waals surface area contributed by atoms with E-state index in [4.69, 9.17) is 14.2 Å². The highest BCUT2D eigenvalue weighted by atomic mass is 16.5. The molecule has 0 bridgehead atoms. The summed E-state index contributed by atoms with van der Waals surface area (Å²) in [6, 6.07) is 4.39. The van der Waals surface area contributed by atoms with E-state index in [0.29, 0.717) is 34.2 Å². The zero-order valence-corrected chi connectivity index (χ0v) is 16.7. The van der Waals surface area contributed by atoms with Gasteiger partial charge in [0.05, 0.1) is 39.6 Å². The molecule has 4 rings (SSSR count). The molecule has 2 aromatic rings. The fourth-order valence-corrected chi connectivity index (χ4v) is 3.57. The van der Waals surface area contributed by atoms with Crippen LogP contribution in [0.5, 0.6) is 17.2 Å². The molecule has 0 saturated carbocycles. The molecule has 4 amide bonds. The minimum Gasteiger partial charge on any atom is -0.493 e. The molecule has 11 nitrogen and oxygen atoms in total. The fraction of sp³-hybridized carbons (Fsp3) is 0.368. The summed E-state index contributed by atoms with van der Waals surface area (Å²) in [5.41, 5.74) is 1.51. The molecule has 0 aliphatic carbocycles. The Balaban J connectivity index is 1.49. The van der Waals surface area contributed by atoms with Crippen LogP contribution < -0.4 is 19.5 Å². The third-order valence-electron chi connectivity index (χ3n) is 5.16. The van der Waals surface area contributed by atoms with Crippen molar-refractivity contribution in [3.8, 4) is 28.5 Å². The standard InChI is InChI=1S/C19H21N5O6/c1-28-14-4-10(5-15(29-2)17(14)30-3)12-6-13(22-21-12)18(26)23-8-11(9-23)24-16(25)7-20-19(24)27/h4-6,11H,7-9H2,1-3H3,(H,20,27)(H,21,22). The number of carbonyl (C=O) groups is 3. The van der Waals surface area contributed by atoms with Gasteiger partial charge in [-0.3, -0.25) is 19.6 Å². The number of hydrogen-bond donors (Lipinski definition) is 2. The first-order chi connectivity index (χ1) is 14.5. The molecule has 2 saturated heterocycles. The first-order valence-corrected chi connectivity index (χ1v) is 9.21. The number of nitrogens with one attached hydrogen (secondary N) is 2. The van der Waals surface area contributed by atoms with Crippen molar-refractivity contribution in [3.63, 3.8) is 0 Å². The van der Waals surface area contributed by atoms with Crippen molar-refractivity contribution in [2.24, 2.45) is 0 Å². The highest BCUT2D eigenvalue weighted by Gasteiger charge is 2.43. The second-order valence-electron chi connectivity index (χ2n) is 6.87. The van der Waals surface area contributed by atoms with Crippen LogP contribution in [0.1, 0.15) is 10.5 Å².